The summed E-state index contributed by atoms with van der Waals surface area (Å²) in [6, 6.07) is 17.4. The zero-order valence-electron chi connectivity index (χ0n) is 18.9. The molecule has 0 aliphatic heterocycles. The van der Waals surface area contributed by atoms with Gasteiger partial charge in [-0.2, -0.15) is 0 Å². The van der Waals surface area contributed by atoms with E-state index in [0.29, 0.717) is 27.3 Å². The molecule has 0 spiro atoms. The van der Waals surface area contributed by atoms with E-state index >= 15 is 0 Å². The van der Waals surface area contributed by atoms with Gasteiger partial charge < -0.3 is 9.88 Å². The Kier molecular flexibility index (Phi) is 5.53. The molecule has 2 heterocycles. The SMILES string of the molecule is Cc1ccc2c(c1)c1c(c(=O)n(-c3cccc(Cl)c3)c(=O)n1CC(=O)Nc1ccc(F)cc1)n2C. The Morgan fingerprint density at radius 1 is 1.00 bits per heavy atom. The van der Waals surface area contributed by atoms with Crippen molar-refractivity contribution in [3.8, 4) is 5.69 Å². The van der Waals surface area contributed by atoms with Crippen molar-refractivity contribution in [1.82, 2.24) is 13.7 Å². The molecule has 3 aromatic carbocycles. The first kappa shape index (κ1) is 22.6. The summed E-state index contributed by atoms with van der Waals surface area (Å²) < 4.78 is 17.3. The molecule has 35 heavy (non-hydrogen) atoms. The van der Waals surface area contributed by atoms with E-state index in [4.69, 9.17) is 11.6 Å². The zero-order chi connectivity index (χ0) is 24.9. The van der Waals surface area contributed by atoms with Gasteiger partial charge in [-0.25, -0.2) is 13.8 Å². The highest BCUT2D eigenvalue weighted by Crippen LogP contribution is 2.27. The standard InChI is InChI=1S/C26H20ClFN4O3/c1-15-6-11-21-20(12-15)23-24(30(21)2)25(34)32(19-5-3-4-16(27)13-19)26(35)31(23)14-22(33)29-18-9-7-17(28)8-10-18/h3-13H,14H2,1-2H3,(H,29,33). The third kappa shape index (κ3) is 3.91. The fourth-order valence-corrected chi connectivity index (χ4v) is 4.52. The summed E-state index contributed by atoms with van der Waals surface area (Å²) in [5.74, 6) is -0.929. The van der Waals surface area contributed by atoms with Gasteiger partial charge in [-0.05, 0) is 61.5 Å². The third-order valence-corrected chi connectivity index (χ3v) is 6.16. The number of aromatic nitrogens is 3. The van der Waals surface area contributed by atoms with Crippen LogP contribution < -0.4 is 16.6 Å². The molecule has 7 nitrogen and oxygen atoms in total. The van der Waals surface area contributed by atoms with Crippen molar-refractivity contribution in [2.75, 3.05) is 5.32 Å². The van der Waals surface area contributed by atoms with E-state index in [1.807, 2.05) is 25.1 Å². The summed E-state index contributed by atoms with van der Waals surface area (Å²) in [7, 11) is 1.75. The molecule has 0 aliphatic carbocycles. The van der Waals surface area contributed by atoms with Crippen molar-refractivity contribution in [3.63, 3.8) is 0 Å². The van der Waals surface area contributed by atoms with Crippen LogP contribution in [0.15, 0.2) is 76.3 Å². The van der Waals surface area contributed by atoms with Gasteiger partial charge in [0.05, 0.1) is 16.7 Å². The predicted molar refractivity (Wildman–Crippen MR) is 135 cm³/mol. The highest BCUT2D eigenvalue weighted by atomic mass is 35.5. The number of rotatable bonds is 4. The minimum Gasteiger partial charge on any atom is -0.338 e. The molecule has 1 amide bonds. The fourth-order valence-electron chi connectivity index (χ4n) is 4.33. The van der Waals surface area contributed by atoms with Gasteiger partial charge >= 0.3 is 5.69 Å². The highest BCUT2D eigenvalue weighted by molar-refractivity contribution is 6.30. The second-order valence-corrected chi connectivity index (χ2v) is 8.76. The number of hydrogen-bond donors (Lipinski definition) is 1. The number of amides is 1. The van der Waals surface area contributed by atoms with E-state index in [2.05, 4.69) is 5.32 Å². The number of carbonyl (C=O) groups excluding carboxylic acids is 1. The topological polar surface area (TPSA) is 78.0 Å². The molecule has 0 bridgehead atoms. The zero-order valence-corrected chi connectivity index (χ0v) is 19.6. The maximum atomic E-state index is 13.7. The molecule has 0 saturated carbocycles. The Morgan fingerprint density at radius 2 is 1.74 bits per heavy atom. The molecule has 5 aromatic rings. The van der Waals surface area contributed by atoms with E-state index in [1.54, 1.807) is 29.8 Å². The lowest BCUT2D eigenvalue weighted by atomic mass is 10.1. The summed E-state index contributed by atoms with van der Waals surface area (Å²) >= 11 is 6.14. The van der Waals surface area contributed by atoms with Gasteiger partial charge in [0.2, 0.25) is 5.91 Å². The van der Waals surface area contributed by atoms with Crippen LogP contribution in [0.2, 0.25) is 5.02 Å². The summed E-state index contributed by atoms with van der Waals surface area (Å²) in [5, 5.41) is 3.73. The highest BCUT2D eigenvalue weighted by Gasteiger charge is 2.22. The number of hydrogen-bond acceptors (Lipinski definition) is 3. The van der Waals surface area contributed by atoms with E-state index < -0.39 is 23.0 Å². The second-order valence-electron chi connectivity index (χ2n) is 8.32. The number of nitrogens with zero attached hydrogens (tertiary/aromatic N) is 3. The minimum atomic E-state index is -0.673. The van der Waals surface area contributed by atoms with E-state index in [1.165, 1.54) is 34.9 Å². The van der Waals surface area contributed by atoms with Crippen molar-refractivity contribution in [1.29, 1.82) is 0 Å². The molecule has 0 atom stereocenters. The predicted octanol–water partition coefficient (Wildman–Crippen LogP) is 4.38. The number of anilines is 1. The Bertz CT molecular complexity index is 1750. The van der Waals surface area contributed by atoms with Gasteiger partial charge in [0, 0.05) is 23.1 Å². The summed E-state index contributed by atoms with van der Waals surface area (Å²) in [4.78, 5) is 40.4. The Morgan fingerprint density at radius 3 is 2.46 bits per heavy atom. The minimum absolute atomic E-state index is 0.278. The number of aryl methyl sites for hydroxylation is 2. The molecule has 0 fully saturated rings. The molecule has 1 N–H and O–H groups in total. The molecule has 2 aromatic heterocycles. The van der Waals surface area contributed by atoms with Gasteiger partial charge in [0.15, 0.2) is 0 Å². The molecule has 0 aliphatic rings. The van der Waals surface area contributed by atoms with Crippen LogP contribution in [0.3, 0.4) is 0 Å². The van der Waals surface area contributed by atoms with Gasteiger partial charge in [0.25, 0.3) is 5.56 Å². The van der Waals surface area contributed by atoms with Crippen LogP contribution in [-0.2, 0) is 18.4 Å². The molecule has 5 rings (SSSR count). The van der Waals surface area contributed by atoms with Crippen molar-refractivity contribution in [2.24, 2.45) is 7.05 Å². The van der Waals surface area contributed by atoms with E-state index in [-0.39, 0.29) is 12.1 Å². The van der Waals surface area contributed by atoms with Crippen molar-refractivity contribution >= 4 is 45.1 Å². The van der Waals surface area contributed by atoms with Crippen LogP contribution in [0.5, 0.6) is 0 Å². The van der Waals surface area contributed by atoms with Crippen LogP contribution >= 0.6 is 11.6 Å². The average Bonchev–Trinajstić information content (AvgIpc) is 3.10. The molecular weight excluding hydrogens is 471 g/mol. The summed E-state index contributed by atoms with van der Waals surface area (Å²) in [5.41, 5.74) is 1.83. The third-order valence-electron chi connectivity index (χ3n) is 5.92. The maximum absolute atomic E-state index is 13.7. The van der Waals surface area contributed by atoms with Crippen LogP contribution in [-0.4, -0.2) is 19.6 Å². The number of benzene rings is 3. The number of halogens is 2. The van der Waals surface area contributed by atoms with Crippen molar-refractivity contribution in [2.45, 2.75) is 13.5 Å². The van der Waals surface area contributed by atoms with Crippen LogP contribution in [0.1, 0.15) is 5.56 Å². The summed E-state index contributed by atoms with van der Waals surface area (Å²) in [6.45, 7) is 1.55. The van der Waals surface area contributed by atoms with Crippen molar-refractivity contribution in [3.05, 3.63) is 104 Å². The number of fused-ring (bicyclic) bond motifs is 3. The monoisotopic (exact) mass is 490 g/mol. The van der Waals surface area contributed by atoms with Gasteiger partial charge in [-0.1, -0.05) is 29.3 Å². The van der Waals surface area contributed by atoms with E-state index in [9.17, 15) is 18.8 Å². The molecule has 0 unspecified atom stereocenters. The molecular formula is C26H20ClFN4O3. The number of nitrogens with one attached hydrogen (secondary N) is 1. The van der Waals surface area contributed by atoms with E-state index in [0.717, 1.165) is 15.6 Å². The van der Waals surface area contributed by atoms with Gasteiger partial charge in [0.1, 0.15) is 17.9 Å². The fraction of sp³-hybridized carbons (Fsp3) is 0.115. The van der Waals surface area contributed by atoms with Crippen LogP contribution in [0, 0.1) is 12.7 Å². The molecule has 0 saturated heterocycles. The lowest BCUT2D eigenvalue weighted by molar-refractivity contribution is -0.116. The maximum Gasteiger partial charge on any atom is 0.336 e. The molecule has 176 valence electrons. The smallest absolute Gasteiger partial charge is 0.336 e. The first-order valence-corrected chi connectivity index (χ1v) is 11.2. The molecule has 9 heteroatoms. The first-order chi connectivity index (χ1) is 16.7. The Hall–Kier alpha value is -4.17. The lowest BCUT2D eigenvalue weighted by Crippen LogP contribution is -2.41. The van der Waals surface area contributed by atoms with Crippen LogP contribution in [0.25, 0.3) is 27.6 Å². The van der Waals surface area contributed by atoms with Gasteiger partial charge in [-0.3, -0.25) is 14.2 Å². The lowest BCUT2D eigenvalue weighted by Gasteiger charge is -2.13. The first-order valence-electron chi connectivity index (χ1n) is 10.8. The quantitative estimate of drug-likeness (QED) is 0.406. The molecule has 0 radical (unpaired) electrons. The summed E-state index contributed by atoms with van der Waals surface area (Å²) in [6.07, 6.45) is 0. The second kappa shape index (κ2) is 8.56. The van der Waals surface area contributed by atoms with Gasteiger partial charge in [-0.15, -0.1) is 0 Å². The largest absolute Gasteiger partial charge is 0.338 e. The Labute approximate surface area is 203 Å². The average molecular weight is 491 g/mol. The number of carbonyl (C=O) groups is 1. The Balaban J connectivity index is 1.78. The normalized spacial score (nSPS) is 11.3. The van der Waals surface area contributed by atoms with Crippen molar-refractivity contribution < 1.29 is 9.18 Å². The van der Waals surface area contributed by atoms with Crippen LogP contribution in [0.4, 0.5) is 10.1 Å².